The van der Waals surface area contributed by atoms with E-state index in [2.05, 4.69) is 4.90 Å². The summed E-state index contributed by atoms with van der Waals surface area (Å²) in [5.41, 5.74) is 0. The van der Waals surface area contributed by atoms with E-state index in [0.29, 0.717) is 0 Å². The largest absolute Gasteiger partial charge is 0.366 e. The summed E-state index contributed by atoms with van der Waals surface area (Å²) in [4.78, 5) is 2.48. The molecule has 0 aromatic heterocycles. The Morgan fingerprint density at radius 1 is 1.20 bits per heavy atom. The predicted octanol–water partition coefficient (Wildman–Crippen LogP) is 1.22. The average molecular weight is 141 g/mol. The first-order valence-electron chi connectivity index (χ1n) is 4.28. The van der Waals surface area contributed by atoms with Gasteiger partial charge in [-0.2, -0.15) is 0 Å². The topological polar surface area (TPSA) is 12.5 Å². The van der Waals surface area contributed by atoms with Gasteiger partial charge in [-0.15, -0.1) is 0 Å². The fourth-order valence-electron chi connectivity index (χ4n) is 1.96. The zero-order chi connectivity index (χ0) is 6.81. The second-order valence-corrected chi connectivity index (χ2v) is 3.29. The van der Waals surface area contributed by atoms with E-state index in [1.165, 1.54) is 32.2 Å². The molecule has 0 radical (unpaired) electrons. The summed E-state index contributed by atoms with van der Waals surface area (Å²) in [6.07, 6.45) is 5.48. The molecular formula is C8H15NO. The maximum Gasteiger partial charge on any atom is 0.0992 e. The van der Waals surface area contributed by atoms with Crippen molar-refractivity contribution in [3.8, 4) is 0 Å². The minimum Gasteiger partial charge on any atom is -0.366 e. The highest BCUT2D eigenvalue weighted by molar-refractivity contribution is 4.76. The third kappa shape index (κ3) is 1.18. The maximum absolute atomic E-state index is 5.36. The molecule has 0 spiro atoms. The van der Waals surface area contributed by atoms with Gasteiger partial charge in [0.15, 0.2) is 0 Å². The summed E-state index contributed by atoms with van der Waals surface area (Å²) in [5, 5.41) is 0. The zero-order valence-electron chi connectivity index (χ0n) is 6.38. The molecule has 2 aliphatic rings. The number of fused-ring (bicyclic) bond motifs is 1. The summed E-state index contributed by atoms with van der Waals surface area (Å²) < 4.78 is 5.36. The summed E-state index contributed by atoms with van der Waals surface area (Å²) in [6, 6.07) is 0.863. The molecule has 0 bridgehead atoms. The minimum absolute atomic E-state index is 0.863. The van der Waals surface area contributed by atoms with E-state index in [0.717, 1.165) is 19.4 Å². The van der Waals surface area contributed by atoms with Crippen molar-refractivity contribution in [1.82, 2.24) is 4.90 Å². The highest BCUT2D eigenvalue weighted by Crippen LogP contribution is 2.21. The second kappa shape index (κ2) is 2.89. The van der Waals surface area contributed by atoms with Crippen molar-refractivity contribution >= 4 is 0 Å². The average Bonchev–Trinajstić information content (AvgIpc) is 2.05. The van der Waals surface area contributed by atoms with E-state index in [-0.39, 0.29) is 0 Å². The molecule has 2 heteroatoms. The van der Waals surface area contributed by atoms with Gasteiger partial charge in [-0.3, -0.25) is 4.90 Å². The molecule has 2 rings (SSSR count). The molecule has 0 saturated carbocycles. The molecule has 2 fully saturated rings. The molecule has 58 valence electrons. The summed E-state index contributed by atoms with van der Waals surface area (Å²) in [7, 11) is 0. The molecule has 0 amide bonds. The molecular weight excluding hydrogens is 126 g/mol. The van der Waals surface area contributed by atoms with Gasteiger partial charge in [-0.25, -0.2) is 0 Å². The third-order valence-corrected chi connectivity index (χ3v) is 2.60. The lowest BCUT2D eigenvalue weighted by Crippen LogP contribution is -2.44. The van der Waals surface area contributed by atoms with Crippen LogP contribution in [0, 0.1) is 0 Å². The lowest BCUT2D eigenvalue weighted by Gasteiger charge is -2.38. The highest BCUT2D eigenvalue weighted by Gasteiger charge is 2.24. The number of piperidine rings is 1. The molecule has 0 aromatic carbocycles. The maximum atomic E-state index is 5.36. The lowest BCUT2D eigenvalue weighted by molar-refractivity contribution is -0.0607. The standard InChI is InChI=1S/C8H15NO/c1-2-5-9-7-10-6-4-8(9)3-1/h8H,1-7H2. The van der Waals surface area contributed by atoms with Gasteiger partial charge in [0.05, 0.1) is 6.73 Å². The van der Waals surface area contributed by atoms with Crippen LogP contribution in [-0.2, 0) is 4.74 Å². The van der Waals surface area contributed by atoms with Crippen molar-refractivity contribution in [1.29, 1.82) is 0 Å². The van der Waals surface area contributed by atoms with E-state index in [1.807, 2.05) is 0 Å². The van der Waals surface area contributed by atoms with E-state index < -0.39 is 0 Å². The van der Waals surface area contributed by atoms with Crippen molar-refractivity contribution in [2.75, 3.05) is 19.9 Å². The third-order valence-electron chi connectivity index (χ3n) is 2.60. The number of rotatable bonds is 0. The Morgan fingerprint density at radius 2 is 2.20 bits per heavy atom. The molecule has 1 unspecified atom stereocenters. The molecule has 1 atom stereocenters. The number of hydrogen-bond donors (Lipinski definition) is 0. The van der Waals surface area contributed by atoms with Gasteiger partial charge in [0, 0.05) is 19.2 Å². The summed E-state index contributed by atoms with van der Waals surface area (Å²) in [5.74, 6) is 0. The summed E-state index contributed by atoms with van der Waals surface area (Å²) >= 11 is 0. The van der Waals surface area contributed by atoms with Crippen LogP contribution in [0.25, 0.3) is 0 Å². The quantitative estimate of drug-likeness (QED) is 0.503. The van der Waals surface area contributed by atoms with Gasteiger partial charge in [0.1, 0.15) is 0 Å². The van der Waals surface area contributed by atoms with Crippen LogP contribution in [0.5, 0.6) is 0 Å². The number of ether oxygens (including phenoxy) is 1. The Labute approximate surface area is 62.2 Å². The van der Waals surface area contributed by atoms with Crippen LogP contribution in [0.2, 0.25) is 0 Å². The van der Waals surface area contributed by atoms with Gasteiger partial charge in [0.25, 0.3) is 0 Å². The molecule has 0 aliphatic carbocycles. The monoisotopic (exact) mass is 141 g/mol. The Morgan fingerprint density at radius 3 is 3.10 bits per heavy atom. The van der Waals surface area contributed by atoms with Crippen molar-refractivity contribution < 1.29 is 4.74 Å². The smallest absolute Gasteiger partial charge is 0.0992 e. The fourth-order valence-corrected chi connectivity index (χ4v) is 1.96. The van der Waals surface area contributed by atoms with Crippen LogP contribution in [0.1, 0.15) is 25.7 Å². The molecule has 2 nitrogen and oxygen atoms in total. The lowest BCUT2D eigenvalue weighted by atomic mass is 10.00. The second-order valence-electron chi connectivity index (χ2n) is 3.29. The molecule has 2 heterocycles. The SMILES string of the molecule is C1CCN2COCCC2C1. The first kappa shape index (κ1) is 6.62. The highest BCUT2D eigenvalue weighted by atomic mass is 16.5. The first-order chi connectivity index (χ1) is 4.97. The van der Waals surface area contributed by atoms with Crippen molar-refractivity contribution in [3.05, 3.63) is 0 Å². The van der Waals surface area contributed by atoms with Crippen LogP contribution >= 0.6 is 0 Å². The molecule has 2 saturated heterocycles. The van der Waals surface area contributed by atoms with Crippen LogP contribution in [0.15, 0.2) is 0 Å². The van der Waals surface area contributed by atoms with Crippen molar-refractivity contribution in [3.63, 3.8) is 0 Å². The van der Waals surface area contributed by atoms with E-state index >= 15 is 0 Å². The van der Waals surface area contributed by atoms with Gasteiger partial charge >= 0.3 is 0 Å². The van der Waals surface area contributed by atoms with E-state index in [1.54, 1.807) is 0 Å². The minimum atomic E-state index is 0.863. The Balaban J connectivity index is 1.93. The molecule has 10 heavy (non-hydrogen) atoms. The van der Waals surface area contributed by atoms with Crippen LogP contribution in [0.4, 0.5) is 0 Å². The van der Waals surface area contributed by atoms with Gasteiger partial charge < -0.3 is 4.74 Å². The Bertz CT molecular complexity index is 89.8. The van der Waals surface area contributed by atoms with Gasteiger partial charge in [-0.05, 0) is 19.3 Å². The van der Waals surface area contributed by atoms with Gasteiger partial charge in [-0.1, -0.05) is 6.42 Å². The van der Waals surface area contributed by atoms with Crippen LogP contribution in [-0.4, -0.2) is 30.8 Å². The zero-order valence-corrected chi connectivity index (χ0v) is 6.38. The first-order valence-corrected chi connectivity index (χ1v) is 4.28. The van der Waals surface area contributed by atoms with Crippen molar-refractivity contribution in [2.45, 2.75) is 31.7 Å². The van der Waals surface area contributed by atoms with Crippen molar-refractivity contribution in [2.24, 2.45) is 0 Å². The van der Waals surface area contributed by atoms with Gasteiger partial charge in [0.2, 0.25) is 0 Å². The predicted molar refractivity (Wildman–Crippen MR) is 39.8 cm³/mol. The van der Waals surface area contributed by atoms with E-state index in [4.69, 9.17) is 4.74 Å². The Hall–Kier alpha value is -0.0800. The molecule has 0 N–H and O–H groups in total. The summed E-state index contributed by atoms with van der Waals surface area (Å²) in [6.45, 7) is 3.15. The number of hydrogen-bond acceptors (Lipinski definition) is 2. The Kier molecular flexibility index (Phi) is 1.91. The molecule has 0 aromatic rings. The van der Waals surface area contributed by atoms with E-state index in [9.17, 15) is 0 Å². The molecule has 2 aliphatic heterocycles. The number of nitrogens with zero attached hydrogens (tertiary/aromatic N) is 1. The van der Waals surface area contributed by atoms with Crippen LogP contribution < -0.4 is 0 Å². The fraction of sp³-hybridized carbons (Fsp3) is 1.00. The normalized spacial score (nSPS) is 35.4. The van der Waals surface area contributed by atoms with Crippen LogP contribution in [0.3, 0.4) is 0 Å².